The molecule has 2 aromatic heterocycles. The summed E-state index contributed by atoms with van der Waals surface area (Å²) < 4.78 is 3.61. The Morgan fingerprint density at radius 3 is 3.17 bits per heavy atom. The Hall–Kier alpha value is -1.82. The number of hydrogen-bond acceptors (Lipinski definition) is 7. The first kappa shape index (κ1) is 12.6. The zero-order chi connectivity index (χ0) is 12.8. The lowest BCUT2D eigenvalue weighted by molar-refractivity contribution is 0.102. The molecule has 0 unspecified atom stereocenters. The molecular formula is C10H8N4O2S2. The van der Waals surface area contributed by atoms with Gasteiger partial charge in [0, 0.05) is 11.8 Å². The number of aliphatic hydroxyl groups excluding tert-OH is 1. The predicted molar refractivity (Wildman–Crippen MR) is 68.6 cm³/mol. The molecule has 2 N–H and O–H groups in total. The van der Waals surface area contributed by atoms with Crippen molar-refractivity contribution >= 4 is 33.9 Å². The molecule has 18 heavy (non-hydrogen) atoms. The third-order valence-corrected chi connectivity index (χ3v) is 3.10. The van der Waals surface area contributed by atoms with Crippen LogP contribution >= 0.6 is 22.9 Å². The van der Waals surface area contributed by atoms with E-state index in [4.69, 9.17) is 5.11 Å². The Labute approximate surface area is 111 Å². The zero-order valence-corrected chi connectivity index (χ0v) is 10.7. The highest BCUT2D eigenvalue weighted by Gasteiger charge is 2.10. The smallest absolute Gasteiger partial charge is 0.278 e. The molecule has 6 nitrogen and oxygen atoms in total. The molecule has 0 bridgehead atoms. The minimum absolute atomic E-state index is 0.0340. The fourth-order valence-corrected chi connectivity index (χ4v) is 2.14. The topological polar surface area (TPSA) is 88.0 Å². The van der Waals surface area contributed by atoms with E-state index in [1.165, 1.54) is 11.3 Å². The van der Waals surface area contributed by atoms with E-state index in [9.17, 15) is 4.79 Å². The second-order valence-electron chi connectivity index (χ2n) is 3.05. The van der Waals surface area contributed by atoms with Crippen LogP contribution in [0, 0.1) is 11.8 Å². The lowest BCUT2D eigenvalue weighted by atomic mass is 10.4. The molecule has 0 saturated carbocycles. The lowest BCUT2D eigenvalue weighted by Crippen LogP contribution is -2.11. The third kappa shape index (κ3) is 3.33. The van der Waals surface area contributed by atoms with E-state index in [2.05, 4.69) is 31.7 Å². The van der Waals surface area contributed by atoms with Gasteiger partial charge in [-0.2, -0.15) is 0 Å². The highest BCUT2D eigenvalue weighted by molar-refractivity contribution is 7.16. The molecule has 0 aliphatic carbocycles. The average Bonchev–Trinajstić information content (AvgIpc) is 3.00. The minimum atomic E-state index is -0.340. The Bertz CT molecular complexity index is 583. The quantitative estimate of drug-likeness (QED) is 0.818. The molecule has 0 fully saturated rings. The normalized spacial score (nSPS) is 9.61. The van der Waals surface area contributed by atoms with Crippen molar-refractivity contribution in [3.63, 3.8) is 0 Å². The number of thiazole rings is 1. The molecule has 0 aliphatic rings. The highest BCUT2D eigenvalue weighted by atomic mass is 32.1. The molecule has 1 amide bonds. The molecular weight excluding hydrogens is 272 g/mol. The van der Waals surface area contributed by atoms with Crippen LogP contribution in [-0.4, -0.2) is 32.2 Å². The molecule has 0 saturated heterocycles. The van der Waals surface area contributed by atoms with Crippen molar-refractivity contribution in [3.05, 3.63) is 22.1 Å². The summed E-state index contributed by atoms with van der Waals surface area (Å²) in [6.45, 7) is 0.0340. The first-order valence-electron chi connectivity index (χ1n) is 4.93. The summed E-state index contributed by atoms with van der Waals surface area (Å²) in [6.07, 6.45) is 1.99. The fourth-order valence-electron chi connectivity index (χ4n) is 1.02. The monoisotopic (exact) mass is 280 g/mol. The SMILES string of the molecule is O=C(Nc1ncc(C#CCCO)s1)c1csnn1. The molecule has 2 heterocycles. The third-order valence-electron chi connectivity index (χ3n) is 1.77. The van der Waals surface area contributed by atoms with Gasteiger partial charge in [0.25, 0.3) is 5.91 Å². The number of carbonyl (C=O) groups is 1. The van der Waals surface area contributed by atoms with Gasteiger partial charge in [-0.25, -0.2) is 4.98 Å². The Balaban J connectivity index is 1.99. The summed E-state index contributed by atoms with van der Waals surface area (Å²) in [4.78, 5) is 16.4. The second-order valence-corrected chi connectivity index (χ2v) is 4.69. The summed E-state index contributed by atoms with van der Waals surface area (Å²) in [5.74, 6) is 5.29. The maximum absolute atomic E-state index is 11.6. The van der Waals surface area contributed by atoms with Gasteiger partial charge in [0.05, 0.1) is 17.7 Å². The number of hydrogen-bond donors (Lipinski definition) is 2. The van der Waals surface area contributed by atoms with Crippen LogP contribution in [0.1, 0.15) is 21.8 Å². The Morgan fingerprint density at radius 1 is 1.56 bits per heavy atom. The molecule has 92 valence electrons. The number of carbonyl (C=O) groups excluding carboxylic acids is 1. The van der Waals surface area contributed by atoms with Crippen molar-refractivity contribution in [2.75, 3.05) is 11.9 Å². The van der Waals surface area contributed by atoms with Gasteiger partial charge >= 0.3 is 0 Å². The number of aromatic nitrogens is 3. The number of amides is 1. The molecule has 0 aliphatic heterocycles. The van der Waals surface area contributed by atoms with Crippen LogP contribution in [0.4, 0.5) is 5.13 Å². The first-order valence-corrected chi connectivity index (χ1v) is 6.59. The standard InChI is InChI=1S/C10H8N4O2S2/c15-4-2-1-3-7-5-11-10(18-7)12-9(16)8-6-17-14-13-8/h5-6,15H,2,4H2,(H,11,12,16). The van der Waals surface area contributed by atoms with Gasteiger partial charge in [-0.05, 0) is 11.5 Å². The number of nitrogens with zero attached hydrogens (tertiary/aromatic N) is 3. The van der Waals surface area contributed by atoms with E-state index >= 15 is 0 Å². The summed E-state index contributed by atoms with van der Waals surface area (Å²) in [5, 5.41) is 16.9. The second kappa shape index (κ2) is 6.20. The number of rotatable bonds is 3. The van der Waals surface area contributed by atoms with E-state index in [0.29, 0.717) is 11.6 Å². The van der Waals surface area contributed by atoms with E-state index in [1.54, 1.807) is 11.6 Å². The van der Waals surface area contributed by atoms with Gasteiger partial charge in [-0.3, -0.25) is 10.1 Å². The molecule has 2 rings (SSSR count). The van der Waals surface area contributed by atoms with Crippen molar-refractivity contribution in [3.8, 4) is 11.8 Å². The number of nitrogens with one attached hydrogen (secondary N) is 1. The Kier molecular flexibility index (Phi) is 4.35. The van der Waals surface area contributed by atoms with E-state index in [0.717, 1.165) is 16.4 Å². The van der Waals surface area contributed by atoms with Crippen LogP contribution in [0.5, 0.6) is 0 Å². The van der Waals surface area contributed by atoms with Crippen molar-refractivity contribution in [2.45, 2.75) is 6.42 Å². The van der Waals surface area contributed by atoms with Gasteiger partial charge in [-0.1, -0.05) is 27.7 Å². The zero-order valence-electron chi connectivity index (χ0n) is 9.08. The van der Waals surface area contributed by atoms with Gasteiger partial charge in [-0.15, -0.1) is 5.10 Å². The number of anilines is 1. The van der Waals surface area contributed by atoms with E-state index in [1.807, 2.05) is 0 Å². The van der Waals surface area contributed by atoms with E-state index in [-0.39, 0.29) is 18.2 Å². The Morgan fingerprint density at radius 2 is 2.44 bits per heavy atom. The van der Waals surface area contributed by atoms with Crippen LogP contribution in [0.3, 0.4) is 0 Å². The fraction of sp³-hybridized carbons (Fsp3) is 0.200. The van der Waals surface area contributed by atoms with Crippen LogP contribution in [0.15, 0.2) is 11.6 Å². The largest absolute Gasteiger partial charge is 0.395 e. The summed E-state index contributed by atoms with van der Waals surface area (Å²) in [6, 6.07) is 0. The molecule has 2 aromatic rings. The first-order chi connectivity index (χ1) is 8.79. The summed E-state index contributed by atoms with van der Waals surface area (Å²) >= 11 is 2.38. The maximum atomic E-state index is 11.6. The molecule has 0 spiro atoms. The van der Waals surface area contributed by atoms with Crippen molar-refractivity contribution < 1.29 is 9.90 Å². The molecule has 8 heteroatoms. The minimum Gasteiger partial charge on any atom is -0.395 e. The van der Waals surface area contributed by atoms with Crippen molar-refractivity contribution in [1.29, 1.82) is 0 Å². The predicted octanol–water partition coefficient (Wildman–Crippen LogP) is 0.981. The van der Waals surface area contributed by atoms with Crippen LogP contribution in [-0.2, 0) is 0 Å². The average molecular weight is 280 g/mol. The van der Waals surface area contributed by atoms with Crippen molar-refractivity contribution in [1.82, 2.24) is 14.6 Å². The summed E-state index contributed by atoms with van der Waals surface area (Å²) in [5.41, 5.74) is 0.267. The summed E-state index contributed by atoms with van der Waals surface area (Å²) in [7, 11) is 0. The van der Waals surface area contributed by atoms with Crippen LogP contribution < -0.4 is 5.32 Å². The van der Waals surface area contributed by atoms with Crippen LogP contribution in [0.25, 0.3) is 0 Å². The van der Waals surface area contributed by atoms with Gasteiger partial charge in [0.15, 0.2) is 10.8 Å². The highest BCUT2D eigenvalue weighted by Crippen LogP contribution is 2.17. The molecule has 0 atom stereocenters. The van der Waals surface area contributed by atoms with Gasteiger partial charge < -0.3 is 5.11 Å². The van der Waals surface area contributed by atoms with Gasteiger partial charge in [0.2, 0.25) is 0 Å². The molecule has 0 aromatic carbocycles. The van der Waals surface area contributed by atoms with Crippen LogP contribution in [0.2, 0.25) is 0 Å². The maximum Gasteiger partial charge on any atom is 0.278 e. The molecule has 0 radical (unpaired) electrons. The lowest BCUT2D eigenvalue weighted by Gasteiger charge is -1.95. The van der Waals surface area contributed by atoms with E-state index < -0.39 is 0 Å². The van der Waals surface area contributed by atoms with Crippen molar-refractivity contribution in [2.24, 2.45) is 0 Å². The number of aliphatic hydroxyl groups is 1. The van der Waals surface area contributed by atoms with Gasteiger partial charge in [0.1, 0.15) is 0 Å².